The fourth-order valence-corrected chi connectivity index (χ4v) is 2.37. The molecule has 0 aliphatic carbocycles. The molecular formula is C19H27NO5. The lowest BCUT2D eigenvalue weighted by Gasteiger charge is -2.23. The van der Waals surface area contributed by atoms with Gasteiger partial charge >= 0.3 is 11.9 Å². The Bertz CT molecular complexity index is 616. The maximum atomic E-state index is 12.5. The number of esters is 2. The molecule has 2 atom stereocenters. The molecule has 6 heteroatoms. The molecule has 0 saturated carbocycles. The van der Waals surface area contributed by atoms with Gasteiger partial charge in [0.15, 0.2) is 0 Å². The SMILES string of the molecule is COC(=O)C[C@@H](C)[C@@H](NC(=O)c1ccc(C(C)(C)C)cc1)C(=O)OC. The van der Waals surface area contributed by atoms with Crippen molar-refractivity contribution in [1.29, 1.82) is 0 Å². The molecule has 1 N–H and O–H groups in total. The summed E-state index contributed by atoms with van der Waals surface area (Å²) in [6, 6.07) is 6.28. The van der Waals surface area contributed by atoms with Crippen LogP contribution in [0.5, 0.6) is 0 Å². The van der Waals surface area contributed by atoms with Gasteiger partial charge in [0.1, 0.15) is 6.04 Å². The molecule has 0 aromatic heterocycles. The molecule has 138 valence electrons. The third-order valence-electron chi connectivity index (χ3n) is 4.04. The van der Waals surface area contributed by atoms with Crippen LogP contribution in [0, 0.1) is 5.92 Å². The van der Waals surface area contributed by atoms with Crippen molar-refractivity contribution in [1.82, 2.24) is 5.32 Å². The molecule has 6 nitrogen and oxygen atoms in total. The van der Waals surface area contributed by atoms with Crippen LogP contribution in [0.3, 0.4) is 0 Å². The highest BCUT2D eigenvalue weighted by Gasteiger charge is 2.30. The van der Waals surface area contributed by atoms with Crippen molar-refractivity contribution < 1.29 is 23.9 Å². The Balaban J connectivity index is 2.91. The summed E-state index contributed by atoms with van der Waals surface area (Å²) in [6.45, 7) is 7.94. The smallest absolute Gasteiger partial charge is 0.328 e. The lowest BCUT2D eigenvalue weighted by molar-refractivity contribution is -0.146. The van der Waals surface area contributed by atoms with Gasteiger partial charge in [0, 0.05) is 5.56 Å². The van der Waals surface area contributed by atoms with E-state index in [-0.39, 0.29) is 11.8 Å². The van der Waals surface area contributed by atoms with E-state index in [1.165, 1.54) is 14.2 Å². The fourth-order valence-electron chi connectivity index (χ4n) is 2.37. The Morgan fingerprint density at radius 2 is 1.60 bits per heavy atom. The number of amides is 1. The van der Waals surface area contributed by atoms with Crippen LogP contribution in [0.2, 0.25) is 0 Å². The number of ether oxygens (including phenoxy) is 2. The van der Waals surface area contributed by atoms with E-state index < -0.39 is 29.8 Å². The second-order valence-electron chi connectivity index (χ2n) is 7.06. The predicted octanol–water partition coefficient (Wildman–Crippen LogP) is 2.45. The van der Waals surface area contributed by atoms with E-state index in [0.717, 1.165) is 5.56 Å². The first-order chi connectivity index (χ1) is 11.6. The zero-order valence-electron chi connectivity index (χ0n) is 15.7. The Hall–Kier alpha value is -2.37. The van der Waals surface area contributed by atoms with Crippen LogP contribution in [0.25, 0.3) is 0 Å². The molecule has 1 aromatic rings. The molecule has 0 fully saturated rings. The Labute approximate surface area is 148 Å². The van der Waals surface area contributed by atoms with Gasteiger partial charge in [-0.05, 0) is 29.0 Å². The largest absolute Gasteiger partial charge is 0.469 e. The van der Waals surface area contributed by atoms with Gasteiger partial charge in [-0.25, -0.2) is 4.79 Å². The first-order valence-electron chi connectivity index (χ1n) is 8.16. The van der Waals surface area contributed by atoms with Gasteiger partial charge in [-0.1, -0.05) is 39.8 Å². The van der Waals surface area contributed by atoms with Crippen molar-refractivity contribution in [2.24, 2.45) is 5.92 Å². The van der Waals surface area contributed by atoms with Gasteiger partial charge in [0.25, 0.3) is 5.91 Å². The lowest BCUT2D eigenvalue weighted by atomic mass is 9.86. The summed E-state index contributed by atoms with van der Waals surface area (Å²) < 4.78 is 9.36. The van der Waals surface area contributed by atoms with Crippen LogP contribution >= 0.6 is 0 Å². The van der Waals surface area contributed by atoms with Crippen molar-refractivity contribution in [3.63, 3.8) is 0 Å². The predicted molar refractivity (Wildman–Crippen MR) is 94.2 cm³/mol. The fraction of sp³-hybridized carbons (Fsp3) is 0.526. The Morgan fingerprint density at radius 3 is 2.04 bits per heavy atom. The topological polar surface area (TPSA) is 81.7 Å². The van der Waals surface area contributed by atoms with Crippen LogP contribution in [0.1, 0.15) is 50.0 Å². The molecule has 0 spiro atoms. The van der Waals surface area contributed by atoms with Crippen LogP contribution in [0.15, 0.2) is 24.3 Å². The molecule has 0 saturated heterocycles. The average molecular weight is 349 g/mol. The summed E-state index contributed by atoms with van der Waals surface area (Å²) in [7, 11) is 2.52. The van der Waals surface area contributed by atoms with Gasteiger partial charge in [0.2, 0.25) is 0 Å². The number of nitrogens with one attached hydrogen (secondary N) is 1. The maximum Gasteiger partial charge on any atom is 0.328 e. The van der Waals surface area contributed by atoms with Crippen LogP contribution in [-0.4, -0.2) is 38.1 Å². The summed E-state index contributed by atoms with van der Waals surface area (Å²) in [5.41, 5.74) is 1.53. The first kappa shape index (κ1) is 20.7. The highest BCUT2D eigenvalue weighted by atomic mass is 16.5. The monoisotopic (exact) mass is 349 g/mol. The first-order valence-corrected chi connectivity index (χ1v) is 8.16. The van der Waals surface area contributed by atoms with Crippen LogP contribution in [0.4, 0.5) is 0 Å². The summed E-state index contributed by atoms with van der Waals surface area (Å²) in [4.78, 5) is 35.9. The van der Waals surface area contributed by atoms with Crippen LogP contribution < -0.4 is 5.32 Å². The number of carbonyl (C=O) groups is 3. The van der Waals surface area contributed by atoms with E-state index in [9.17, 15) is 14.4 Å². The molecule has 0 aliphatic heterocycles. The third kappa shape index (κ3) is 5.89. The zero-order chi connectivity index (χ0) is 19.2. The number of carbonyl (C=O) groups excluding carboxylic acids is 3. The van der Waals surface area contributed by atoms with Crippen molar-refractivity contribution in [3.05, 3.63) is 35.4 Å². The van der Waals surface area contributed by atoms with Crippen molar-refractivity contribution in [2.75, 3.05) is 14.2 Å². The second kappa shape index (κ2) is 8.65. The number of methoxy groups -OCH3 is 2. The highest BCUT2D eigenvalue weighted by Crippen LogP contribution is 2.22. The lowest BCUT2D eigenvalue weighted by Crippen LogP contribution is -2.46. The number of hydrogen-bond acceptors (Lipinski definition) is 5. The quantitative estimate of drug-likeness (QED) is 0.798. The molecule has 1 aromatic carbocycles. The van der Waals surface area contributed by atoms with Gasteiger partial charge in [-0.2, -0.15) is 0 Å². The minimum absolute atomic E-state index is 0.000487. The molecule has 0 aliphatic rings. The average Bonchev–Trinajstić information content (AvgIpc) is 2.57. The normalized spacial score (nSPS) is 13.5. The van der Waals surface area contributed by atoms with E-state index in [2.05, 4.69) is 30.8 Å². The summed E-state index contributed by atoms with van der Waals surface area (Å²) in [5.74, 6) is -1.91. The van der Waals surface area contributed by atoms with Crippen molar-refractivity contribution in [2.45, 2.75) is 45.6 Å². The Kier molecular flexibility index (Phi) is 7.15. The maximum absolute atomic E-state index is 12.5. The number of hydrogen-bond donors (Lipinski definition) is 1. The minimum atomic E-state index is -0.932. The van der Waals surface area contributed by atoms with E-state index >= 15 is 0 Å². The zero-order valence-corrected chi connectivity index (χ0v) is 15.7. The van der Waals surface area contributed by atoms with Gasteiger partial charge < -0.3 is 14.8 Å². The molecule has 1 amide bonds. The van der Waals surface area contributed by atoms with Gasteiger partial charge in [0.05, 0.1) is 20.6 Å². The number of rotatable bonds is 6. The molecule has 1 rings (SSSR count). The second-order valence-corrected chi connectivity index (χ2v) is 7.06. The Morgan fingerprint density at radius 1 is 1.04 bits per heavy atom. The molecule has 0 radical (unpaired) electrons. The highest BCUT2D eigenvalue weighted by molar-refractivity contribution is 5.97. The number of benzene rings is 1. The van der Waals surface area contributed by atoms with Gasteiger partial charge in [-0.3, -0.25) is 9.59 Å². The summed E-state index contributed by atoms with van der Waals surface area (Å²) >= 11 is 0. The van der Waals surface area contributed by atoms with E-state index in [4.69, 9.17) is 4.74 Å². The van der Waals surface area contributed by atoms with E-state index in [1.807, 2.05) is 12.1 Å². The van der Waals surface area contributed by atoms with E-state index in [1.54, 1.807) is 19.1 Å². The molecule has 0 unspecified atom stereocenters. The summed E-state index contributed by atoms with van der Waals surface area (Å²) in [6.07, 6.45) is -0.000487. The van der Waals surface area contributed by atoms with E-state index in [0.29, 0.717) is 5.56 Å². The van der Waals surface area contributed by atoms with Crippen LogP contribution in [-0.2, 0) is 24.5 Å². The van der Waals surface area contributed by atoms with Gasteiger partial charge in [-0.15, -0.1) is 0 Å². The minimum Gasteiger partial charge on any atom is -0.469 e. The molecule has 0 heterocycles. The molecule has 25 heavy (non-hydrogen) atoms. The van der Waals surface area contributed by atoms with Crippen molar-refractivity contribution in [3.8, 4) is 0 Å². The third-order valence-corrected chi connectivity index (χ3v) is 4.04. The summed E-state index contributed by atoms with van der Waals surface area (Å²) in [5, 5.41) is 2.65. The standard InChI is InChI=1S/C19H27NO5/c1-12(11-15(21)24-5)16(18(23)25-6)20-17(22)13-7-9-14(10-8-13)19(2,3)4/h7-10,12,16H,11H2,1-6H3,(H,20,22)/t12-,16-/m1/s1. The molecule has 0 bridgehead atoms. The van der Waals surface area contributed by atoms with Crippen molar-refractivity contribution >= 4 is 17.8 Å². The molecular weight excluding hydrogens is 322 g/mol.